The summed E-state index contributed by atoms with van der Waals surface area (Å²) in [7, 11) is 0. The van der Waals surface area contributed by atoms with Crippen molar-refractivity contribution in [1.29, 1.82) is 0 Å². The number of hydrogen-bond donors (Lipinski definition) is 2. The SMILES string of the molecule is CCCC(O)CC(O)CCC.Cc1c[c-]c(-c2ncc(-c3ccc(C)cc3)nc2-c2ccc(C)cc2)cc1.[Ir]. The first-order valence-electron chi connectivity index (χ1n) is 13.7. The van der Waals surface area contributed by atoms with Crippen LogP contribution in [-0.2, 0) is 20.1 Å². The van der Waals surface area contributed by atoms with Crippen LogP contribution in [-0.4, -0.2) is 32.4 Å². The minimum Gasteiger partial charge on any atom is -0.393 e. The average molecular weight is 702 g/mol. The van der Waals surface area contributed by atoms with Gasteiger partial charge in [0.2, 0.25) is 0 Å². The molecule has 1 aromatic heterocycles. The van der Waals surface area contributed by atoms with Gasteiger partial charge in [0.25, 0.3) is 0 Å². The van der Waals surface area contributed by atoms with Crippen LogP contribution in [0.2, 0.25) is 0 Å². The molecule has 0 saturated heterocycles. The van der Waals surface area contributed by atoms with Gasteiger partial charge in [-0.25, -0.2) is 0 Å². The minimum absolute atomic E-state index is 0. The largest absolute Gasteiger partial charge is 0.393 e. The summed E-state index contributed by atoms with van der Waals surface area (Å²) in [5.74, 6) is 0. The third-order valence-electron chi connectivity index (χ3n) is 6.46. The van der Waals surface area contributed by atoms with Crippen LogP contribution < -0.4 is 0 Å². The van der Waals surface area contributed by atoms with E-state index in [1.807, 2.05) is 26.1 Å². The number of rotatable bonds is 9. The van der Waals surface area contributed by atoms with Gasteiger partial charge in [0.05, 0.1) is 23.6 Å². The summed E-state index contributed by atoms with van der Waals surface area (Å²) in [5, 5.41) is 18.6. The topological polar surface area (TPSA) is 66.2 Å². The molecule has 2 atom stereocenters. The molecule has 0 aliphatic carbocycles. The summed E-state index contributed by atoms with van der Waals surface area (Å²) in [6.07, 6.45) is 5.37. The van der Waals surface area contributed by atoms with E-state index in [4.69, 9.17) is 9.97 Å². The molecule has 4 rings (SSSR count). The van der Waals surface area contributed by atoms with Crippen LogP contribution in [0, 0.1) is 26.8 Å². The van der Waals surface area contributed by atoms with Gasteiger partial charge in [-0.2, -0.15) is 0 Å². The van der Waals surface area contributed by atoms with Crippen molar-refractivity contribution in [2.24, 2.45) is 0 Å². The second-order valence-electron chi connectivity index (χ2n) is 10.1. The first-order chi connectivity index (χ1) is 18.3. The van der Waals surface area contributed by atoms with Crippen LogP contribution in [0.5, 0.6) is 0 Å². The van der Waals surface area contributed by atoms with E-state index in [0.29, 0.717) is 6.42 Å². The maximum Gasteiger partial charge on any atom is 0.0873 e. The van der Waals surface area contributed by atoms with E-state index in [9.17, 15) is 10.2 Å². The molecule has 0 fully saturated rings. The first-order valence-corrected chi connectivity index (χ1v) is 13.7. The fourth-order valence-corrected chi connectivity index (χ4v) is 4.23. The maximum atomic E-state index is 9.29. The second-order valence-corrected chi connectivity index (χ2v) is 10.1. The molecule has 1 heterocycles. The number of hydrogen-bond acceptors (Lipinski definition) is 4. The zero-order chi connectivity index (χ0) is 27.5. The molecule has 0 aliphatic rings. The van der Waals surface area contributed by atoms with Crippen molar-refractivity contribution < 1.29 is 30.3 Å². The number of nitrogens with zero attached hydrogens (tertiary/aromatic N) is 2. The molecule has 0 bridgehead atoms. The Balaban J connectivity index is 0.000000381. The van der Waals surface area contributed by atoms with Gasteiger partial charge in [-0.1, -0.05) is 93.3 Å². The summed E-state index contributed by atoms with van der Waals surface area (Å²) in [4.78, 5) is 9.77. The average Bonchev–Trinajstić information content (AvgIpc) is 2.90. The molecular weight excluding hydrogens is 661 g/mol. The van der Waals surface area contributed by atoms with Gasteiger partial charge < -0.3 is 15.2 Å². The van der Waals surface area contributed by atoms with Crippen molar-refractivity contribution in [2.45, 2.75) is 78.9 Å². The number of benzene rings is 3. The molecule has 4 nitrogen and oxygen atoms in total. The van der Waals surface area contributed by atoms with E-state index in [2.05, 4.69) is 87.5 Å². The third kappa shape index (κ3) is 10.1. The Labute approximate surface area is 247 Å². The second kappa shape index (κ2) is 16.4. The van der Waals surface area contributed by atoms with Gasteiger partial charge in [0.1, 0.15) is 0 Å². The molecule has 39 heavy (non-hydrogen) atoms. The van der Waals surface area contributed by atoms with Gasteiger partial charge in [0.15, 0.2) is 0 Å². The Morgan fingerprint density at radius 3 is 1.69 bits per heavy atom. The van der Waals surface area contributed by atoms with Crippen LogP contribution in [0.3, 0.4) is 0 Å². The van der Waals surface area contributed by atoms with Crippen molar-refractivity contribution in [2.75, 3.05) is 0 Å². The molecule has 5 heteroatoms. The molecule has 2 N–H and O–H groups in total. The van der Waals surface area contributed by atoms with E-state index in [1.165, 1.54) is 16.7 Å². The molecule has 209 valence electrons. The van der Waals surface area contributed by atoms with E-state index < -0.39 is 0 Å². The van der Waals surface area contributed by atoms with Crippen molar-refractivity contribution in [3.05, 3.63) is 95.7 Å². The quantitative estimate of drug-likeness (QED) is 0.174. The number of aromatic nitrogens is 2. The van der Waals surface area contributed by atoms with Crippen molar-refractivity contribution in [3.63, 3.8) is 0 Å². The van der Waals surface area contributed by atoms with Crippen molar-refractivity contribution in [1.82, 2.24) is 9.97 Å². The van der Waals surface area contributed by atoms with Crippen molar-refractivity contribution >= 4 is 0 Å². The van der Waals surface area contributed by atoms with E-state index >= 15 is 0 Å². The van der Waals surface area contributed by atoms with Gasteiger partial charge >= 0.3 is 0 Å². The minimum atomic E-state index is -0.304. The van der Waals surface area contributed by atoms with Gasteiger partial charge in [-0.05, 0) is 38.7 Å². The summed E-state index contributed by atoms with van der Waals surface area (Å²) >= 11 is 0. The standard InChI is InChI=1S/C25H21N2.C9H20O2.Ir/c1-17-4-10-20(11-5-17)23-16-26-24(21-12-6-18(2)7-13-21)25(27-23)22-14-8-19(3)9-15-22;1-3-5-8(10)7-9(11)6-4-2;/h4-12,14-16H,1-3H3;8-11H,3-7H2,1-2H3;/q-1;;. The molecule has 0 saturated carbocycles. The Kier molecular flexibility index (Phi) is 13.7. The van der Waals surface area contributed by atoms with Crippen LogP contribution in [0.1, 0.15) is 62.6 Å². The Morgan fingerprint density at radius 1 is 0.692 bits per heavy atom. The molecule has 2 unspecified atom stereocenters. The molecule has 0 amide bonds. The third-order valence-corrected chi connectivity index (χ3v) is 6.46. The predicted molar refractivity (Wildman–Crippen MR) is 158 cm³/mol. The molecule has 3 aromatic carbocycles. The van der Waals surface area contributed by atoms with Crippen molar-refractivity contribution in [3.8, 4) is 33.8 Å². The summed E-state index contributed by atoms with van der Waals surface area (Å²) in [6, 6.07) is 26.3. The summed E-state index contributed by atoms with van der Waals surface area (Å²) < 4.78 is 0. The fraction of sp³-hybridized carbons (Fsp3) is 0.353. The van der Waals surface area contributed by atoms with Crippen LogP contribution in [0.25, 0.3) is 33.8 Å². The fourth-order valence-electron chi connectivity index (χ4n) is 4.23. The van der Waals surface area contributed by atoms with Gasteiger partial charge in [0, 0.05) is 37.6 Å². The van der Waals surface area contributed by atoms with Crippen LogP contribution in [0.4, 0.5) is 0 Å². The number of aliphatic hydroxyl groups excluding tert-OH is 2. The van der Waals surface area contributed by atoms with Crippen LogP contribution in [0.15, 0.2) is 72.9 Å². The molecule has 4 aromatic rings. The summed E-state index contributed by atoms with van der Waals surface area (Å²) in [6.45, 7) is 10.3. The zero-order valence-electron chi connectivity index (χ0n) is 23.7. The monoisotopic (exact) mass is 702 g/mol. The molecule has 0 aliphatic heterocycles. The Morgan fingerprint density at radius 2 is 1.21 bits per heavy atom. The Hall–Kier alpha value is -2.69. The smallest absolute Gasteiger partial charge is 0.0873 e. The van der Waals surface area contributed by atoms with E-state index in [0.717, 1.165) is 59.5 Å². The molecule has 1 radical (unpaired) electrons. The van der Waals surface area contributed by atoms with Gasteiger partial charge in [-0.15, -0.1) is 35.4 Å². The molecule has 0 spiro atoms. The first kappa shape index (κ1) is 32.5. The molecular formula is C34H41IrN2O2-. The van der Waals surface area contributed by atoms with Crippen LogP contribution >= 0.6 is 0 Å². The predicted octanol–water partition coefficient (Wildman–Crippen LogP) is 7.90. The van der Waals surface area contributed by atoms with E-state index in [-0.39, 0.29) is 32.3 Å². The number of aryl methyl sites for hydroxylation is 3. The Bertz CT molecular complexity index is 1250. The zero-order valence-corrected chi connectivity index (χ0v) is 26.1. The van der Waals surface area contributed by atoms with E-state index in [1.54, 1.807) is 0 Å². The van der Waals surface area contributed by atoms with Gasteiger partial charge in [-0.3, -0.25) is 4.98 Å². The number of aliphatic hydroxyl groups is 2. The summed E-state index contributed by atoms with van der Waals surface area (Å²) in [5.41, 5.74) is 9.34. The normalized spacial score (nSPS) is 12.1. The maximum absolute atomic E-state index is 9.29.